The van der Waals surface area contributed by atoms with E-state index in [1.165, 1.54) is 4.90 Å². The third-order valence-electron chi connectivity index (χ3n) is 2.33. The van der Waals surface area contributed by atoms with Gasteiger partial charge in [-0.1, -0.05) is 12.2 Å². The second-order valence-electron chi connectivity index (χ2n) is 4.87. The van der Waals surface area contributed by atoms with E-state index >= 15 is 0 Å². The highest BCUT2D eigenvalue weighted by molar-refractivity contribution is 7.80. The van der Waals surface area contributed by atoms with Crippen LogP contribution in [0.2, 0.25) is 0 Å². The maximum atomic E-state index is 12.0. The second-order valence-corrected chi connectivity index (χ2v) is 5.31. The predicted molar refractivity (Wildman–Crippen MR) is 71.5 cm³/mol. The Morgan fingerprint density at radius 1 is 1.41 bits per heavy atom. The largest absolute Gasteiger partial charge is 0.392 e. The Labute approximate surface area is 108 Å². The zero-order chi connectivity index (χ0) is 13.8. The van der Waals surface area contributed by atoms with E-state index in [1.54, 1.807) is 20.9 Å². The number of nitrogens with zero attached hydrogens (tertiary/aromatic N) is 1. The molecule has 0 bridgehead atoms. The number of thiocarbonyl (C=S) groups is 1. The minimum atomic E-state index is -0.928. The molecule has 0 fully saturated rings. The molecule has 0 radical (unpaired) electrons. The lowest BCUT2D eigenvalue weighted by molar-refractivity contribution is -0.139. The molecule has 0 unspecified atom stereocenters. The van der Waals surface area contributed by atoms with Crippen molar-refractivity contribution in [2.24, 2.45) is 11.1 Å². The van der Waals surface area contributed by atoms with Gasteiger partial charge in [-0.05, 0) is 27.7 Å². The summed E-state index contributed by atoms with van der Waals surface area (Å²) in [6, 6.07) is 0.0506. The average Bonchev–Trinajstić information content (AvgIpc) is 2.14. The van der Waals surface area contributed by atoms with Crippen molar-refractivity contribution in [1.29, 1.82) is 0 Å². The lowest BCUT2D eigenvalue weighted by Gasteiger charge is -2.28. The molecule has 0 aromatic carbocycles. The third kappa shape index (κ3) is 4.68. The Kier molecular flexibility index (Phi) is 5.54. The number of likely N-dealkylation sites (N-methyl/N-ethyl adjacent to an activating group) is 1. The van der Waals surface area contributed by atoms with Gasteiger partial charge >= 0.3 is 0 Å². The Morgan fingerprint density at radius 2 is 1.88 bits per heavy atom. The lowest BCUT2D eigenvalue weighted by Crippen LogP contribution is -2.49. The van der Waals surface area contributed by atoms with Crippen molar-refractivity contribution in [3.05, 3.63) is 0 Å². The SMILES string of the molecule is CC(C)NC(=O)CN(C)C(=O)C(C)(C)C(N)=S. The molecule has 98 valence electrons. The predicted octanol–water partition coefficient (Wildman–Crippen LogP) is 0.282. The molecule has 0 saturated carbocycles. The van der Waals surface area contributed by atoms with E-state index in [0.29, 0.717) is 0 Å². The molecule has 0 spiro atoms. The highest BCUT2D eigenvalue weighted by atomic mass is 32.1. The summed E-state index contributed by atoms with van der Waals surface area (Å²) >= 11 is 4.84. The molecule has 17 heavy (non-hydrogen) atoms. The van der Waals surface area contributed by atoms with Crippen LogP contribution in [0, 0.1) is 5.41 Å². The number of carbonyl (C=O) groups is 2. The van der Waals surface area contributed by atoms with Gasteiger partial charge in [0, 0.05) is 13.1 Å². The molecule has 3 N–H and O–H groups in total. The van der Waals surface area contributed by atoms with Crippen molar-refractivity contribution in [1.82, 2.24) is 10.2 Å². The first-order chi connectivity index (χ1) is 7.59. The molecule has 0 saturated heterocycles. The average molecular weight is 259 g/mol. The molecule has 0 atom stereocenters. The summed E-state index contributed by atoms with van der Waals surface area (Å²) in [6.07, 6.45) is 0. The molecular formula is C11H21N3O2S. The number of amides is 2. The van der Waals surface area contributed by atoms with Crippen LogP contribution in [0.25, 0.3) is 0 Å². The number of nitrogens with two attached hydrogens (primary N) is 1. The molecular weight excluding hydrogens is 238 g/mol. The Morgan fingerprint density at radius 3 is 2.24 bits per heavy atom. The fourth-order valence-electron chi connectivity index (χ4n) is 1.24. The Bertz CT molecular complexity index is 327. The number of carbonyl (C=O) groups excluding carboxylic acids is 2. The quantitative estimate of drug-likeness (QED) is 0.696. The molecule has 5 nitrogen and oxygen atoms in total. The molecule has 0 heterocycles. The lowest BCUT2D eigenvalue weighted by atomic mass is 9.92. The van der Waals surface area contributed by atoms with E-state index in [0.717, 1.165) is 0 Å². The van der Waals surface area contributed by atoms with Crippen LogP contribution in [0.4, 0.5) is 0 Å². The number of nitrogens with one attached hydrogen (secondary N) is 1. The fourth-order valence-corrected chi connectivity index (χ4v) is 1.32. The summed E-state index contributed by atoms with van der Waals surface area (Å²) in [7, 11) is 1.56. The number of hydrogen-bond donors (Lipinski definition) is 2. The monoisotopic (exact) mass is 259 g/mol. The molecule has 2 amide bonds. The highest BCUT2D eigenvalue weighted by Gasteiger charge is 2.34. The zero-order valence-corrected chi connectivity index (χ0v) is 11.9. The normalized spacial score (nSPS) is 11.2. The molecule has 0 aromatic rings. The van der Waals surface area contributed by atoms with E-state index in [1.807, 2.05) is 13.8 Å². The van der Waals surface area contributed by atoms with Crippen LogP contribution >= 0.6 is 12.2 Å². The van der Waals surface area contributed by atoms with Crippen molar-refractivity contribution in [2.75, 3.05) is 13.6 Å². The van der Waals surface area contributed by atoms with Gasteiger partial charge in [0.1, 0.15) is 0 Å². The van der Waals surface area contributed by atoms with Gasteiger partial charge in [-0.25, -0.2) is 0 Å². The maximum absolute atomic E-state index is 12.0. The van der Waals surface area contributed by atoms with Gasteiger partial charge < -0.3 is 16.0 Å². The van der Waals surface area contributed by atoms with Gasteiger partial charge in [-0.3, -0.25) is 9.59 Å². The molecule has 0 aliphatic carbocycles. The highest BCUT2D eigenvalue weighted by Crippen LogP contribution is 2.18. The van der Waals surface area contributed by atoms with Crippen molar-refractivity contribution in [3.8, 4) is 0 Å². The first-order valence-electron chi connectivity index (χ1n) is 5.44. The summed E-state index contributed by atoms with van der Waals surface area (Å²) < 4.78 is 0. The Balaban J connectivity index is 4.52. The minimum absolute atomic E-state index is 0.00303. The number of rotatable bonds is 5. The van der Waals surface area contributed by atoms with E-state index < -0.39 is 5.41 Å². The van der Waals surface area contributed by atoms with Gasteiger partial charge in [-0.2, -0.15) is 0 Å². The van der Waals surface area contributed by atoms with E-state index in [-0.39, 0.29) is 29.4 Å². The van der Waals surface area contributed by atoms with Crippen LogP contribution in [0.5, 0.6) is 0 Å². The standard InChI is InChI=1S/C11H21N3O2S/c1-7(2)13-8(15)6-14(5)10(16)11(3,4)9(12)17/h7H,6H2,1-5H3,(H2,12,17)(H,13,15). The molecule has 0 rings (SSSR count). The van der Waals surface area contributed by atoms with E-state index in [9.17, 15) is 9.59 Å². The van der Waals surface area contributed by atoms with E-state index in [2.05, 4.69) is 5.32 Å². The summed E-state index contributed by atoms with van der Waals surface area (Å²) in [6.45, 7) is 7.02. The van der Waals surface area contributed by atoms with E-state index in [4.69, 9.17) is 18.0 Å². The maximum Gasteiger partial charge on any atom is 0.239 e. The van der Waals surface area contributed by atoms with Gasteiger partial charge in [0.2, 0.25) is 11.8 Å². The second kappa shape index (κ2) is 5.95. The Hall–Kier alpha value is -1.17. The van der Waals surface area contributed by atoms with Gasteiger partial charge in [0.15, 0.2) is 0 Å². The molecule has 0 aromatic heterocycles. The van der Waals surface area contributed by atoms with Crippen LogP contribution in [-0.4, -0.2) is 41.3 Å². The number of hydrogen-bond acceptors (Lipinski definition) is 3. The smallest absolute Gasteiger partial charge is 0.239 e. The first kappa shape index (κ1) is 15.8. The summed E-state index contributed by atoms with van der Waals surface area (Å²) in [4.78, 5) is 25.0. The van der Waals surface area contributed by atoms with Crippen LogP contribution < -0.4 is 11.1 Å². The summed E-state index contributed by atoms with van der Waals surface area (Å²) in [5.74, 6) is -0.460. The van der Waals surface area contributed by atoms with Crippen LogP contribution in [-0.2, 0) is 9.59 Å². The van der Waals surface area contributed by atoms with Crippen LogP contribution in [0.15, 0.2) is 0 Å². The molecule has 0 aliphatic heterocycles. The summed E-state index contributed by atoms with van der Waals surface area (Å²) in [5.41, 5.74) is 4.58. The van der Waals surface area contributed by atoms with Gasteiger partial charge in [0.25, 0.3) is 0 Å². The van der Waals surface area contributed by atoms with Crippen LogP contribution in [0.3, 0.4) is 0 Å². The third-order valence-corrected chi connectivity index (χ3v) is 2.84. The van der Waals surface area contributed by atoms with Crippen molar-refractivity contribution >= 4 is 29.0 Å². The molecule has 0 aliphatic rings. The van der Waals surface area contributed by atoms with Crippen molar-refractivity contribution in [3.63, 3.8) is 0 Å². The van der Waals surface area contributed by atoms with Gasteiger partial charge in [0.05, 0.1) is 16.9 Å². The van der Waals surface area contributed by atoms with Crippen molar-refractivity contribution < 1.29 is 9.59 Å². The van der Waals surface area contributed by atoms with Gasteiger partial charge in [-0.15, -0.1) is 0 Å². The minimum Gasteiger partial charge on any atom is -0.392 e. The summed E-state index contributed by atoms with van der Waals surface area (Å²) in [5, 5.41) is 2.71. The zero-order valence-electron chi connectivity index (χ0n) is 11.0. The molecule has 6 heteroatoms. The van der Waals surface area contributed by atoms with Crippen molar-refractivity contribution in [2.45, 2.75) is 33.7 Å². The van der Waals surface area contributed by atoms with Crippen LogP contribution in [0.1, 0.15) is 27.7 Å². The topological polar surface area (TPSA) is 75.4 Å². The first-order valence-corrected chi connectivity index (χ1v) is 5.84. The fraction of sp³-hybridized carbons (Fsp3) is 0.727.